The Morgan fingerprint density at radius 3 is 2.32 bits per heavy atom. The second-order valence-electron chi connectivity index (χ2n) is 9.43. The number of nitrogens with zero attached hydrogens (tertiary/aromatic N) is 5. The van der Waals surface area contributed by atoms with E-state index in [4.69, 9.17) is 4.74 Å². The molecule has 0 N–H and O–H groups in total. The van der Waals surface area contributed by atoms with Crippen LogP contribution in [0.3, 0.4) is 0 Å². The first-order chi connectivity index (χ1) is 17.3. The number of halogens is 8. The third kappa shape index (κ3) is 5.01. The predicted molar refractivity (Wildman–Crippen MR) is 114 cm³/mol. The Labute approximate surface area is 205 Å². The lowest BCUT2D eigenvalue weighted by atomic mass is 9.82. The SMILES string of the molecule is FC(F)(F)c1cc(N2C[C@H]3CC[C@@H](C2)C3Cc2nc3c(OCC(F)(F)C(F)(F)F)cccn3n2)ccn1. The summed E-state index contributed by atoms with van der Waals surface area (Å²) in [5.41, 5.74) is -0.461. The summed E-state index contributed by atoms with van der Waals surface area (Å²) >= 11 is 0. The fourth-order valence-electron chi connectivity index (χ4n) is 5.24. The number of fused-ring (bicyclic) bond motifs is 3. The van der Waals surface area contributed by atoms with Gasteiger partial charge in [0.05, 0.1) is 0 Å². The Morgan fingerprint density at radius 2 is 1.68 bits per heavy atom. The average Bonchev–Trinajstić information content (AvgIpc) is 3.32. The van der Waals surface area contributed by atoms with Gasteiger partial charge >= 0.3 is 18.3 Å². The molecule has 5 rings (SSSR count). The Kier molecular flexibility index (Phi) is 6.18. The smallest absolute Gasteiger partial charge is 0.456 e. The summed E-state index contributed by atoms with van der Waals surface area (Å²) in [6.07, 6.45) is -5.43. The molecule has 6 nitrogen and oxygen atoms in total. The molecule has 1 saturated carbocycles. The average molecular weight is 535 g/mol. The van der Waals surface area contributed by atoms with Gasteiger partial charge in [-0.1, -0.05) is 0 Å². The van der Waals surface area contributed by atoms with E-state index in [0.29, 0.717) is 31.0 Å². The number of aromatic nitrogens is 4. The van der Waals surface area contributed by atoms with Crippen molar-refractivity contribution in [3.05, 3.63) is 48.2 Å². The molecule has 0 aromatic carbocycles. The number of anilines is 1. The van der Waals surface area contributed by atoms with Crippen LogP contribution < -0.4 is 9.64 Å². The lowest BCUT2D eigenvalue weighted by Gasteiger charge is -2.39. The van der Waals surface area contributed by atoms with Crippen molar-refractivity contribution >= 4 is 11.3 Å². The third-order valence-electron chi connectivity index (χ3n) is 7.04. The summed E-state index contributed by atoms with van der Waals surface area (Å²) < 4.78 is 109. The van der Waals surface area contributed by atoms with Crippen LogP contribution in [0.4, 0.5) is 40.8 Å². The van der Waals surface area contributed by atoms with Crippen LogP contribution in [0.25, 0.3) is 5.65 Å². The van der Waals surface area contributed by atoms with Crippen LogP contribution in [0.1, 0.15) is 24.4 Å². The van der Waals surface area contributed by atoms with E-state index >= 15 is 0 Å². The zero-order valence-electron chi connectivity index (χ0n) is 19.1. The number of rotatable bonds is 6. The largest absolute Gasteiger partial charge is 0.483 e. The number of hydrogen-bond acceptors (Lipinski definition) is 5. The molecule has 2 fully saturated rings. The Balaban J connectivity index is 1.29. The molecule has 0 radical (unpaired) electrons. The molecule has 3 aromatic rings. The van der Waals surface area contributed by atoms with Crippen LogP contribution in [0, 0.1) is 17.8 Å². The van der Waals surface area contributed by atoms with Gasteiger partial charge in [0.25, 0.3) is 0 Å². The summed E-state index contributed by atoms with van der Waals surface area (Å²) in [4.78, 5) is 9.68. The molecule has 37 heavy (non-hydrogen) atoms. The molecule has 4 heterocycles. The molecule has 0 spiro atoms. The normalized spacial score (nSPS) is 22.6. The molecule has 3 aromatic heterocycles. The topological polar surface area (TPSA) is 55.6 Å². The number of alkyl halides is 8. The number of pyridine rings is 2. The minimum Gasteiger partial charge on any atom is -0.483 e. The molecule has 2 aliphatic rings. The predicted octanol–water partition coefficient (Wildman–Crippen LogP) is 5.42. The third-order valence-corrected chi connectivity index (χ3v) is 7.04. The van der Waals surface area contributed by atoms with Crippen LogP contribution in [0.15, 0.2) is 36.7 Å². The molecule has 1 aliphatic carbocycles. The Bertz CT molecular complexity index is 1260. The molecule has 0 amide bonds. The molecule has 14 heteroatoms. The first kappa shape index (κ1) is 25.5. The van der Waals surface area contributed by atoms with Crippen LogP contribution in [0.5, 0.6) is 5.75 Å². The highest BCUT2D eigenvalue weighted by Gasteiger charge is 2.58. The van der Waals surface area contributed by atoms with Gasteiger partial charge in [0, 0.05) is 37.6 Å². The van der Waals surface area contributed by atoms with Crippen LogP contribution in [-0.2, 0) is 12.6 Å². The summed E-state index contributed by atoms with van der Waals surface area (Å²) in [5, 5.41) is 4.34. The van der Waals surface area contributed by atoms with Gasteiger partial charge in [-0.3, -0.25) is 4.98 Å². The van der Waals surface area contributed by atoms with E-state index in [9.17, 15) is 35.1 Å². The first-order valence-electron chi connectivity index (χ1n) is 11.5. The molecule has 1 unspecified atom stereocenters. The molecular weight excluding hydrogens is 514 g/mol. The highest BCUT2D eigenvalue weighted by atomic mass is 19.4. The van der Waals surface area contributed by atoms with E-state index < -0.39 is 30.6 Å². The minimum absolute atomic E-state index is 0.0247. The number of piperidine rings is 1. The summed E-state index contributed by atoms with van der Waals surface area (Å²) in [5.74, 6) is -4.39. The van der Waals surface area contributed by atoms with E-state index in [1.54, 1.807) is 6.07 Å². The lowest BCUT2D eigenvalue weighted by molar-refractivity contribution is -0.289. The van der Waals surface area contributed by atoms with Crippen LogP contribution in [0.2, 0.25) is 0 Å². The zero-order valence-corrected chi connectivity index (χ0v) is 19.1. The van der Waals surface area contributed by atoms with Crippen molar-refractivity contribution in [2.45, 2.75) is 37.5 Å². The van der Waals surface area contributed by atoms with Gasteiger partial charge in [-0.05, 0) is 54.9 Å². The zero-order chi connectivity index (χ0) is 26.6. The lowest BCUT2D eigenvalue weighted by Crippen LogP contribution is -2.43. The minimum atomic E-state index is -5.74. The van der Waals surface area contributed by atoms with Gasteiger partial charge in [0.2, 0.25) is 0 Å². The maximum absolute atomic E-state index is 13.3. The monoisotopic (exact) mass is 535 g/mol. The van der Waals surface area contributed by atoms with Crippen LogP contribution in [-0.4, -0.2) is 51.4 Å². The fraction of sp³-hybridized carbons (Fsp3) is 0.522. The van der Waals surface area contributed by atoms with Crippen molar-refractivity contribution in [1.29, 1.82) is 0 Å². The second-order valence-corrected chi connectivity index (χ2v) is 9.43. The molecule has 1 saturated heterocycles. The number of hydrogen-bond donors (Lipinski definition) is 0. The van der Waals surface area contributed by atoms with Gasteiger partial charge in [-0.25, -0.2) is 9.50 Å². The van der Waals surface area contributed by atoms with E-state index in [1.165, 1.54) is 22.8 Å². The van der Waals surface area contributed by atoms with Gasteiger partial charge in [0.1, 0.15) is 5.69 Å². The Hall–Kier alpha value is -3.19. The van der Waals surface area contributed by atoms with Crippen molar-refractivity contribution in [1.82, 2.24) is 19.6 Å². The van der Waals surface area contributed by atoms with Gasteiger partial charge in [-0.15, -0.1) is 0 Å². The maximum Gasteiger partial charge on any atom is 0.456 e. The van der Waals surface area contributed by atoms with E-state index in [0.717, 1.165) is 25.1 Å². The Morgan fingerprint density at radius 1 is 0.973 bits per heavy atom. The van der Waals surface area contributed by atoms with Crippen molar-refractivity contribution in [2.75, 3.05) is 24.6 Å². The molecule has 1 aliphatic heterocycles. The maximum atomic E-state index is 13.3. The molecular formula is C23H21F8N5O. The quantitative estimate of drug-likeness (QED) is 0.395. The van der Waals surface area contributed by atoms with E-state index in [1.807, 2.05) is 4.90 Å². The van der Waals surface area contributed by atoms with Crippen molar-refractivity contribution in [2.24, 2.45) is 17.8 Å². The highest BCUT2D eigenvalue weighted by Crippen LogP contribution is 2.45. The number of ether oxygens (including phenoxy) is 1. The van der Waals surface area contributed by atoms with Gasteiger partial charge in [0.15, 0.2) is 23.8 Å². The first-order valence-corrected chi connectivity index (χ1v) is 11.5. The highest BCUT2D eigenvalue weighted by molar-refractivity contribution is 5.53. The molecule has 3 atom stereocenters. The van der Waals surface area contributed by atoms with E-state index in [-0.39, 0.29) is 29.2 Å². The van der Waals surface area contributed by atoms with Gasteiger partial charge < -0.3 is 9.64 Å². The fourth-order valence-corrected chi connectivity index (χ4v) is 5.24. The molecule has 200 valence electrons. The van der Waals surface area contributed by atoms with E-state index in [2.05, 4.69) is 15.1 Å². The summed E-state index contributed by atoms with van der Waals surface area (Å²) in [7, 11) is 0. The summed E-state index contributed by atoms with van der Waals surface area (Å²) in [6, 6.07) is 5.25. The van der Waals surface area contributed by atoms with Crippen molar-refractivity contribution in [3.63, 3.8) is 0 Å². The van der Waals surface area contributed by atoms with Crippen LogP contribution >= 0.6 is 0 Å². The van der Waals surface area contributed by atoms with Gasteiger partial charge in [-0.2, -0.15) is 40.2 Å². The second kappa shape index (κ2) is 8.98. The molecule has 2 bridgehead atoms. The van der Waals surface area contributed by atoms with Crippen molar-refractivity contribution in [3.8, 4) is 5.75 Å². The van der Waals surface area contributed by atoms with Crippen molar-refractivity contribution < 1.29 is 39.9 Å². The summed E-state index contributed by atoms with van der Waals surface area (Å²) in [6.45, 7) is -0.778. The standard InChI is InChI=1S/C23H21F8N5O/c24-21(25,23(29,30)31)12-37-17-2-1-7-36-20(17)33-19(34-36)9-16-13-3-4-14(16)11-35(10-13)15-5-6-32-18(8-15)22(26,27)28/h1-2,5-8,13-14,16H,3-4,9-12H2/t13-,14+,16?.